The van der Waals surface area contributed by atoms with E-state index in [-0.39, 0.29) is 11.8 Å². The standard InChI is InChI=1S/C13H24N2O/c1-9-3-2-4-12(9)13(16)15-8-10-5-6-11(14)7-10/h9-12H,2-8,14H2,1H3,(H,15,16). The highest BCUT2D eigenvalue weighted by molar-refractivity contribution is 5.79. The number of rotatable bonds is 3. The van der Waals surface area contributed by atoms with E-state index >= 15 is 0 Å². The van der Waals surface area contributed by atoms with Gasteiger partial charge < -0.3 is 11.1 Å². The van der Waals surface area contributed by atoms with Crippen LogP contribution in [0.25, 0.3) is 0 Å². The summed E-state index contributed by atoms with van der Waals surface area (Å²) in [6.07, 6.45) is 6.90. The Bertz CT molecular complexity index is 254. The van der Waals surface area contributed by atoms with Gasteiger partial charge in [-0.05, 0) is 43.9 Å². The van der Waals surface area contributed by atoms with Gasteiger partial charge in [-0.1, -0.05) is 13.3 Å². The van der Waals surface area contributed by atoms with Crippen molar-refractivity contribution in [1.82, 2.24) is 5.32 Å². The molecule has 2 aliphatic carbocycles. The molecule has 0 spiro atoms. The largest absolute Gasteiger partial charge is 0.356 e. The summed E-state index contributed by atoms with van der Waals surface area (Å²) in [5, 5.41) is 3.12. The van der Waals surface area contributed by atoms with Gasteiger partial charge in [0.2, 0.25) is 5.91 Å². The third kappa shape index (κ3) is 2.76. The highest BCUT2D eigenvalue weighted by Gasteiger charge is 2.30. The Kier molecular flexibility index (Phi) is 3.85. The van der Waals surface area contributed by atoms with Crippen LogP contribution in [0.3, 0.4) is 0 Å². The summed E-state index contributed by atoms with van der Waals surface area (Å²) in [5.41, 5.74) is 5.86. The number of nitrogens with two attached hydrogens (primary N) is 1. The molecule has 3 heteroatoms. The van der Waals surface area contributed by atoms with Gasteiger partial charge in [-0.2, -0.15) is 0 Å². The van der Waals surface area contributed by atoms with Crippen molar-refractivity contribution in [3.8, 4) is 0 Å². The molecule has 3 N–H and O–H groups in total. The lowest BCUT2D eigenvalue weighted by atomic mass is 9.97. The maximum atomic E-state index is 12.0. The summed E-state index contributed by atoms with van der Waals surface area (Å²) >= 11 is 0. The van der Waals surface area contributed by atoms with Crippen molar-refractivity contribution in [2.45, 2.75) is 51.5 Å². The first-order valence-corrected chi connectivity index (χ1v) is 6.70. The number of carbonyl (C=O) groups excluding carboxylic acids is 1. The molecule has 1 amide bonds. The average Bonchev–Trinajstić information content (AvgIpc) is 2.84. The molecule has 92 valence electrons. The highest BCUT2D eigenvalue weighted by atomic mass is 16.1. The van der Waals surface area contributed by atoms with Gasteiger partial charge in [0.1, 0.15) is 0 Å². The third-order valence-electron chi connectivity index (χ3n) is 4.35. The third-order valence-corrected chi connectivity index (χ3v) is 4.35. The molecule has 4 atom stereocenters. The fourth-order valence-electron chi connectivity index (χ4n) is 3.21. The molecule has 16 heavy (non-hydrogen) atoms. The number of nitrogens with one attached hydrogen (secondary N) is 1. The fraction of sp³-hybridized carbons (Fsp3) is 0.923. The summed E-state index contributed by atoms with van der Waals surface area (Å²) < 4.78 is 0. The van der Waals surface area contributed by atoms with Gasteiger partial charge in [0.05, 0.1) is 0 Å². The second-order valence-corrected chi connectivity index (χ2v) is 5.70. The van der Waals surface area contributed by atoms with E-state index in [2.05, 4.69) is 12.2 Å². The zero-order chi connectivity index (χ0) is 11.5. The van der Waals surface area contributed by atoms with Crippen molar-refractivity contribution in [2.24, 2.45) is 23.5 Å². The van der Waals surface area contributed by atoms with Crippen LogP contribution in [0.2, 0.25) is 0 Å². The maximum absolute atomic E-state index is 12.0. The van der Waals surface area contributed by atoms with Crippen LogP contribution in [-0.4, -0.2) is 18.5 Å². The molecular formula is C13H24N2O. The Labute approximate surface area is 98.2 Å². The summed E-state index contributed by atoms with van der Waals surface area (Å²) in [6.45, 7) is 3.04. The Hall–Kier alpha value is -0.570. The molecule has 0 aromatic carbocycles. The lowest BCUT2D eigenvalue weighted by Gasteiger charge is -2.17. The maximum Gasteiger partial charge on any atom is 0.223 e. The summed E-state index contributed by atoms with van der Waals surface area (Å²) in [4.78, 5) is 12.0. The van der Waals surface area contributed by atoms with E-state index in [0.29, 0.717) is 17.9 Å². The van der Waals surface area contributed by atoms with Crippen LogP contribution >= 0.6 is 0 Å². The quantitative estimate of drug-likeness (QED) is 0.766. The molecule has 0 aliphatic heterocycles. The number of hydrogen-bond acceptors (Lipinski definition) is 2. The molecule has 0 saturated heterocycles. The summed E-state index contributed by atoms with van der Waals surface area (Å²) in [5.74, 6) is 1.75. The van der Waals surface area contributed by atoms with Crippen LogP contribution in [0.5, 0.6) is 0 Å². The van der Waals surface area contributed by atoms with E-state index < -0.39 is 0 Å². The van der Waals surface area contributed by atoms with Crippen LogP contribution in [-0.2, 0) is 4.79 Å². The number of carbonyl (C=O) groups is 1. The average molecular weight is 224 g/mol. The first kappa shape index (κ1) is 11.9. The molecule has 0 radical (unpaired) electrons. The van der Waals surface area contributed by atoms with E-state index in [1.807, 2.05) is 0 Å². The topological polar surface area (TPSA) is 55.1 Å². The molecule has 0 heterocycles. The smallest absolute Gasteiger partial charge is 0.223 e. The SMILES string of the molecule is CC1CCCC1C(=O)NCC1CCC(N)C1. The van der Waals surface area contributed by atoms with Crippen molar-refractivity contribution in [3.05, 3.63) is 0 Å². The molecule has 4 unspecified atom stereocenters. The molecule has 2 aliphatic rings. The van der Waals surface area contributed by atoms with Gasteiger partial charge in [-0.3, -0.25) is 4.79 Å². The predicted octanol–water partition coefficient (Wildman–Crippen LogP) is 1.67. The minimum absolute atomic E-state index is 0.273. The van der Waals surface area contributed by atoms with Gasteiger partial charge in [-0.15, -0.1) is 0 Å². The Balaban J connectivity index is 1.71. The minimum atomic E-state index is 0.273. The molecule has 2 rings (SSSR count). The van der Waals surface area contributed by atoms with E-state index in [4.69, 9.17) is 5.73 Å². The molecule has 0 aromatic rings. The van der Waals surface area contributed by atoms with Crippen LogP contribution in [0, 0.1) is 17.8 Å². The van der Waals surface area contributed by atoms with Crippen molar-refractivity contribution in [3.63, 3.8) is 0 Å². The molecular weight excluding hydrogens is 200 g/mol. The lowest BCUT2D eigenvalue weighted by molar-refractivity contribution is -0.126. The first-order valence-electron chi connectivity index (χ1n) is 6.70. The summed E-state index contributed by atoms with van der Waals surface area (Å²) in [7, 11) is 0. The van der Waals surface area contributed by atoms with E-state index in [1.54, 1.807) is 0 Å². The molecule has 0 aromatic heterocycles. The van der Waals surface area contributed by atoms with Crippen molar-refractivity contribution in [1.29, 1.82) is 0 Å². The van der Waals surface area contributed by atoms with Crippen molar-refractivity contribution >= 4 is 5.91 Å². The first-order chi connectivity index (χ1) is 7.66. The molecule has 2 saturated carbocycles. The zero-order valence-electron chi connectivity index (χ0n) is 10.2. The molecule has 0 bridgehead atoms. The Morgan fingerprint density at radius 2 is 2.12 bits per heavy atom. The second-order valence-electron chi connectivity index (χ2n) is 5.70. The summed E-state index contributed by atoms with van der Waals surface area (Å²) in [6, 6.07) is 0.368. The van der Waals surface area contributed by atoms with Crippen LogP contribution in [0.15, 0.2) is 0 Å². The second kappa shape index (κ2) is 5.17. The van der Waals surface area contributed by atoms with Gasteiger partial charge >= 0.3 is 0 Å². The Morgan fingerprint density at radius 3 is 2.69 bits per heavy atom. The minimum Gasteiger partial charge on any atom is -0.356 e. The molecule has 3 nitrogen and oxygen atoms in total. The van der Waals surface area contributed by atoms with Crippen LogP contribution in [0.1, 0.15) is 45.4 Å². The Morgan fingerprint density at radius 1 is 1.31 bits per heavy atom. The van der Waals surface area contributed by atoms with Crippen LogP contribution < -0.4 is 11.1 Å². The van der Waals surface area contributed by atoms with Gasteiger partial charge in [0.25, 0.3) is 0 Å². The van der Waals surface area contributed by atoms with Crippen molar-refractivity contribution in [2.75, 3.05) is 6.54 Å². The molecule has 2 fully saturated rings. The normalized spacial score (nSPS) is 38.9. The highest BCUT2D eigenvalue weighted by Crippen LogP contribution is 2.31. The fourth-order valence-corrected chi connectivity index (χ4v) is 3.21. The zero-order valence-corrected chi connectivity index (χ0v) is 10.2. The van der Waals surface area contributed by atoms with E-state index in [1.165, 1.54) is 19.3 Å². The van der Waals surface area contributed by atoms with Crippen LogP contribution in [0.4, 0.5) is 0 Å². The monoisotopic (exact) mass is 224 g/mol. The van der Waals surface area contributed by atoms with Crippen molar-refractivity contribution < 1.29 is 4.79 Å². The number of hydrogen-bond donors (Lipinski definition) is 2. The predicted molar refractivity (Wildman–Crippen MR) is 64.8 cm³/mol. The van der Waals surface area contributed by atoms with Gasteiger partial charge in [-0.25, -0.2) is 0 Å². The lowest BCUT2D eigenvalue weighted by Crippen LogP contribution is -2.35. The van der Waals surface area contributed by atoms with E-state index in [9.17, 15) is 4.79 Å². The number of amides is 1. The van der Waals surface area contributed by atoms with Gasteiger partial charge in [0.15, 0.2) is 0 Å². The van der Waals surface area contributed by atoms with E-state index in [0.717, 1.165) is 25.8 Å². The van der Waals surface area contributed by atoms with Gasteiger partial charge in [0, 0.05) is 18.5 Å².